The van der Waals surface area contributed by atoms with Gasteiger partial charge < -0.3 is 5.73 Å². The second-order valence-corrected chi connectivity index (χ2v) is 3.53. The number of benzene rings is 1. The summed E-state index contributed by atoms with van der Waals surface area (Å²) in [5.41, 5.74) is 9.42. The van der Waals surface area contributed by atoms with Gasteiger partial charge in [-0.05, 0) is 29.5 Å². The van der Waals surface area contributed by atoms with Gasteiger partial charge >= 0.3 is 0 Å². The molecule has 0 heterocycles. The average Bonchev–Trinajstić information content (AvgIpc) is 2.23. The minimum atomic E-state index is 0.127. The standard InChI is InChI=1S/C12H12N2/c13-8-7-9-5-6-12(14)11-4-2-1-3-10(9)11/h1-4,7,12H,5-6,14H2. The van der Waals surface area contributed by atoms with Crippen molar-refractivity contribution in [2.24, 2.45) is 5.73 Å². The topological polar surface area (TPSA) is 49.8 Å². The van der Waals surface area contributed by atoms with Crippen LogP contribution in [0.5, 0.6) is 0 Å². The molecule has 2 N–H and O–H groups in total. The molecule has 1 atom stereocenters. The number of allylic oxidation sites excluding steroid dienone is 2. The summed E-state index contributed by atoms with van der Waals surface area (Å²) in [4.78, 5) is 0. The zero-order chi connectivity index (χ0) is 9.97. The van der Waals surface area contributed by atoms with Crippen molar-refractivity contribution >= 4 is 5.57 Å². The monoisotopic (exact) mass is 184 g/mol. The van der Waals surface area contributed by atoms with E-state index < -0.39 is 0 Å². The summed E-state index contributed by atoms with van der Waals surface area (Å²) < 4.78 is 0. The summed E-state index contributed by atoms with van der Waals surface area (Å²) in [5.74, 6) is 0. The maximum Gasteiger partial charge on any atom is 0.0915 e. The molecule has 0 amide bonds. The highest BCUT2D eigenvalue weighted by Gasteiger charge is 2.19. The van der Waals surface area contributed by atoms with Crippen molar-refractivity contribution in [3.8, 4) is 6.07 Å². The van der Waals surface area contributed by atoms with Crippen molar-refractivity contribution in [3.05, 3.63) is 41.5 Å². The predicted molar refractivity (Wildman–Crippen MR) is 56.2 cm³/mol. The molecule has 0 aromatic heterocycles. The second-order valence-electron chi connectivity index (χ2n) is 3.53. The lowest BCUT2D eigenvalue weighted by Crippen LogP contribution is -2.16. The molecule has 0 fully saturated rings. The Hall–Kier alpha value is -1.59. The third kappa shape index (κ3) is 1.43. The van der Waals surface area contributed by atoms with Crippen molar-refractivity contribution in [2.75, 3.05) is 0 Å². The molecule has 0 radical (unpaired) electrons. The summed E-state index contributed by atoms with van der Waals surface area (Å²) in [6.07, 6.45) is 3.47. The van der Waals surface area contributed by atoms with Gasteiger partial charge in [0.15, 0.2) is 0 Å². The molecular weight excluding hydrogens is 172 g/mol. The van der Waals surface area contributed by atoms with E-state index in [1.807, 2.05) is 24.3 Å². The molecule has 1 aromatic rings. The van der Waals surface area contributed by atoms with E-state index in [-0.39, 0.29) is 6.04 Å². The van der Waals surface area contributed by atoms with Crippen LogP contribution >= 0.6 is 0 Å². The van der Waals surface area contributed by atoms with E-state index >= 15 is 0 Å². The van der Waals surface area contributed by atoms with E-state index in [2.05, 4.69) is 6.07 Å². The minimum absolute atomic E-state index is 0.127. The van der Waals surface area contributed by atoms with Gasteiger partial charge in [0.25, 0.3) is 0 Å². The van der Waals surface area contributed by atoms with Gasteiger partial charge in [0.2, 0.25) is 0 Å². The van der Waals surface area contributed by atoms with Crippen molar-refractivity contribution in [2.45, 2.75) is 18.9 Å². The van der Waals surface area contributed by atoms with E-state index in [9.17, 15) is 0 Å². The lowest BCUT2D eigenvalue weighted by atomic mass is 9.84. The Morgan fingerprint density at radius 2 is 2.21 bits per heavy atom. The fourth-order valence-corrected chi connectivity index (χ4v) is 1.94. The van der Waals surface area contributed by atoms with Gasteiger partial charge in [0, 0.05) is 12.1 Å². The number of nitrogens with two attached hydrogens (primary N) is 1. The normalized spacial score (nSPS) is 22.9. The lowest BCUT2D eigenvalue weighted by Gasteiger charge is -2.23. The number of nitriles is 1. The fraction of sp³-hybridized carbons (Fsp3) is 0.250. The van der Waals surface area contributed by atoms with Crippen molar-refractivity contribution < 1.29 is 0 Å². The molecule has 2 nitrogen and oxygen atoms in total. The first-order valence-corrected chi connectivity index (χ1v) is 4.76. The Balaban J connectivity index is 2.53. The first-order valence-electron chi connectivity index (χ1n) is 4.76. The summed E-state index contributed by atoms with van der Waals surface area (Å²) in [6, 6.07) is 10.3. The third-order valence-electron chi connectivity index (χ3n) is 2.67. The summed E-state index contributed by atoms with van der Waals surface area (Å²) >= 11 is 0. The number of fused-ring (bicyclic) bond motifs is 1. The van der Waals surface area contributed by atoms with E-state index in [4.69, 9.17) is 11.0 Å². The molecule has 0 saturated heterocycles. The van der Waals surface area contributed by atoms with Crippen LogP contribution in [0.4, 0.5) is 0 Å². The fourth-order valence-electron chi connectivity index (χ4n) is 1.94. The molecular formula is C12H12N2. The quantitative estimate of drug-likeness (QED) is 0.629. The van der Waals surface area contributed by atoms with Crippen LogP contribution in [0.25, 0.3) is 5.57 Å². The highest BCUT2D eigenvalue weighted by molar-refractivity contribution is 5.72. The van der Waals surface area contributed by atoms with Gasteiger partial charge in [-0.15, -0.1) is 0 Å². The average molecular weight is 184 g/mol. The highest BCUT2D eigenvalue weighted by Crippen LogP contribution is 2.34. The van der Waals surface area contributed by atoms with Gasteiger partial charge in [-0.1, -0.05) is 24.3 Å². The first-order chi connectivity index (χ1) is 6.83. The summed E-state index contributed by atoms with van der Waals surface area (Å²) in [6.45, 7) is 0. The molecule has 1 aliphatic carbocycles. The van der Waals surface area contributed by atoms with E-state index in [0.29, 0.717) is 0 Å². The highest BCUT2D eigenvalue weighted by atomic mass is 14.6. The van der Waals surface area contributed by atoms with Crippen LogP contribution < -0.4 is 5.73 Å². The Morgan fingerprint density at radius 3 is 3.00 bits per heavy atom. The third-order valence-corrected chi connectivity index (χ3v) is 2.67. The summed E-state index contributed by atoms with van der Waals surface area (Å²) in [7, 11) is 0. The van der Waals surface area contributed by atoms with Crippen molar-refractivity contribution in [3.63, 3.8) is 0 Å². The van der Waals surface area contributed by atoms with E-state index in [1.54, 1.807) is 6.08 Å². The molecule has 2 rings (SSSR count). The van der Waals surface area contributed by atoms with Crippen LogP contribution in [0.2, 0.25) is 0 Å². The molecule has 1 aliphatic rings. The predicted octanol–water partition coefficient (Wildman–Crippen LogP) is 2.39. The van der Waals surface area contributed by atoms with E-state index in [1.165, 1.54) is 5.56 Å². The number of nitrogens with zero attached hydrogens (tertiary/aromatic N) is 1. The maximum absolute atomic E-state index is 8.65. The largest absolute Gasteiger partial charge is 0.324 e. The van der Waals surface area contributed by atoms with Crippen LogP contribution in [0.15, 0.2) is 30.3 Å². The van der Waals surface area contributed by atoms with Crippen LogP contribution in [0.3, 0.4) is 0 Å². The summed E-state index contributed by atoms with van der Waals surface area (Å²) in [5, 5.41) is 8.65. The minimum Gasteiger partial charge on any atom is -0.324 e. The molecule has 70 valence electrons. The second kappa shape index (κ2) is 3.65. The maximum atomic E-state index is 8.65. The molecule has 0 aliphatic heterocycles. The first kappa shape index (κ1) is 8.98. The molecule has 2 heteroatoms. The molecule has 0 saturated carbocycles. The Morgan fingerprint density at radius 1 is 1.43 bits per heavy atom. The Labute approximate surface area is 83.7 Å². The molecule has 1 aromatic carbocycles. The molecule has 1 unspecified atom stereocenters. The van der Waals surface area contributed by atoms with Crippen LogP contribution in [-0.2, 0) is 0 Å². The van der Waals surface area contributed by atoms with Gasteiger partial charge in [-0.3, -0.25) is 0 Å². The molecule has 14 heavy (non-hydrogen) atoms. The number of hydrogen-bond acceptors (Lipinski definition) is 2. The zero-order valence-electron chi connectivity index (χ0n) is 7.90. The smallest absolute Gasteiger partial charge is 0.0915 e. The molecule has 0 bridgehead atoms. The van der Waals surface area contributed by atoms with Crippen LogP contribution in [-0.4, -0.2) is 0 Å². The van der Waals surface area contributed by atoms with Crippen LogP contribution in [0.1, 0.15) is 30.0 Å². The van der Waals surface area contributed by atoms with Gasteiger partial charge in [-0.25, -0.2) is 0 Å². The van der Waals surface area contributed by atoms with Gasteiger partial charge in [0.1, 0.15) is 0 Å². The SMILES string of the molecule is N#CC=C1CCC(N)c2ccccc21. The van der Waals surface area contributed by atoms with Crippen molar-refractivity contribution in [1.29, 1.82) is 5.26 Å². The molecule has 0 spiro atoms. The number of hydrogen-bond donors (Lipinski definition) is 1. The lowest BCUT2D eigenvalue weighted by molar-refractivity contribution is 0.646. The number of rotatable bonds is 0. The van der Waals surface area contributed by atoms with E-state index in [0.717, 1.165) is 24.0 Å². The van der Waals surface area contributed by atoms with Gasteiger partial charge in [0.05, 0.1) is 6.07 Å². The Kier molecular flexibility index (Phi) is 2.34. The zero-order valence-corrected chi connectivity index (χ0v) is 7.90. The van der Waals surface area contributed by atoms with Gasteiger partial charge in [-0.2, -0.15) is 5.26 Å². The Bertz CT molecular complexity index is 413. The van der Waals surface area contributed by atoms with Crippen molar-refractivity contribution in [1.82, 2.24) is 0 Å². The van der Waals surface area contributed by atoms with Crippen LogP contribution in [0, 0.1) is 11.3 Å².